The number of nitrogens with zero attached hydrogens (tertiary/aromatic N) is 2. The van der Waals surface area contributed by atoms with Gasteiger partial charge in [-0.2, -0.15) is 0 Å². The predicted molar refractivity (Wildman–Crippen MR) is 62.1 cm³/mol. The average molecular weight is 280 g/mol. The molecule has 0 bridgehead atoms. The number of carbonyl (C=O) groups is 2. The number of hydrogen-bond acceptors (Lipinski definition) is 3. The number of amides is 2. The van der Waals surface area contributed by atoms with Gasteiger partial charge >= 0.3 is 12.0 Å². The highest BCUT2D eigenvalue weighted by Crippen LogP contribution is 2.21. The summed E-state index contributed by atoms with van der Waals surface area (Å²) in [4.78, 5) is 25.3. The molecule has 1 rings (SSSR count). The minimum atomic E-state index is -2.62. The van der Waals surface area contributed by atoms with Gasteiger partial charge in [0, 0.05) is 13.6 Å². The van der Waals surface area contributed by atoms with Crippen LogP contribution in [0.1, 0.15) is 6.92 Å². The van der Waals surface area contributed by atoms with Crippen molar-refractivity contribution in [2.45, 2.75) is 19.4 Å². The van der Waals surface area contributed by atoms with Gasteiger partial charge in [-0.05, 0) is 6.92 Å². The molecule has 2 atom stereocenters. The third-order valence-corrected chi connectivity index (χ3v) is 3.09. The Bertz CT molecular complexity index is 341. The number of carboxylic acid groups (broad SMARTS) is 1. The van der Waals surface area contributed by atoms with Crippen LogP contribution >= 0.6 is 0 Å². The Morgan fingerprint density at radius 1 is 1.42 bits per heavy atom. The molecule has 1 aliphatic rings. The quantitative estimate of drug-likeness (QED) is 0.806. The van der Waals surface area contributed by atoms with Crippen molar-refractivity contribution < 1.29 is 28.2 Å². The zero-order valence-corrected chi connectivity index (χ0v) is 10.9. The molecular formula is C11H18F2N2O4. The Morgan fingerprint density at radius 2 is 2.05 bits per heavy atom. The largest absolute Gasteiger partial charge is 0.481 e. The minimum absolute atomic E-state index is 0.0301. The fraction of sp³-hybridized carbons (Fsp3) is 0.818. The Kier molecular flexibility index (Phi) is 5.46. The lowest BCUT2D eigenvalue weighted by Gasteiger charge is -2.32. The molecule has 1 aliphatic heterocycles. The second-order valence-corrected chi connectivity index (χ2v) is 4.39. The highest BCUT2D eigenvalue weighted by atomic mass is 19.3. The van der Waals surface area contributed by atoms with Gasteiger partial charge in [0.2, 0.25) is 0 Å². The van der Waals surface area contributed by atoms with E-state index in [1.807, 2.05) is 0 Å². The summed E-state index contributed by atoms with van der Waals surface area (Å²) in [6.45, 7) is 1.37. The summed E-state index contributed by atoms with van der Waals surface area (Å²) in [5.41, 5.74) is 0. The van der Waals surface area contributed by atoms with E-state index in [1.165, 1.54) is 11.9 Å². The molecule has 6 nitrogen and oxygen atoms in total. The van der Waals surface area contributed by atoms with Crippen LogP contribution in [0, 0.1) is 5.92 Å². The molecule has 0 aromatic rings. The van der Waals surface area contributed by atoms with E-state index in [0.29, 0.717) is 0 Å². The number of ether oxygens (including phenoxy) is 1. The number of alkyl halides is 2. The van der Waals surface area contributed by atoms with Crippen LogP contribution in [-0.2, 0) is 9.53 Å². The number of hydrogen-bond donors (Lipinski definition) is 1. The molecule has 0 radical (unpaired) electrons. The van der Waals surface area contributed by atoms with Crippen molar-refractivity contribution in [2.75, 3.05) is 33.4 Å². The van der Waals surface area contributed by atoms with E-state index < -0.39 is 36.9 Å². The molecule has 0 saturated carbocycles. The SMILES string of the molecule is CCN(C(=O)N(C)CC(F)F)C1COCC1C(=O)O. The summed E-state index contributed by atoms with van der Waals surface area (Å²) < 4.78 is 29.6. The van der Waals surface area contributed by atoms with Crippen molar-refractivity contribution in [3.8, 4) is 0 Å². The van der Waals surface area contributed by atoms with Crippen molar-refractivity contribution in [3.05, 3.63) is 0 Å². The van der Waals surface area contributed by atoms with E-state index >= 15 is 0 Å². The molecule has 1 fully saturated rings. The zero-order valence-electron chi connectivity index (χ0n) is 10.9. The Balaban J connectivity index is 2.76. The smallest absolute Gasteiger partial charge is 0.320 e. The number of carbonyl (C=O) groups excluding carboxylic acids is 1. The number of urea groups is 1. The molecule has 1 saturated heterocycles. The third-order valence-electron chi connectivity index (χ3n) is 3.09. The normalized spacial score (nSPS) is 22.6. The first-order valence-corrected chi connectivity index (χ1v) is 5.98. The van der Waals surface area contributed by atoms with Gasteiger partial charge in [-0.25, -0.2) is 13.6 Å². The number of carboxylic acids is 1. The first kappa shape index (κ1) is 15.6. The fourth-order valence-electron chi connectivity index (χ4n) is 2.10. The van der Waals surface area contributed by atoms with Crippen LogP contribution < -0.4 is 0 Å². The van der Waals surface area contributed by atoms with Crippen molar-refractivity contribution in [2.24, 2.45) is 5.92 Å². The second-order valence-electron chi connectivity index (χ2n) is 4.39. The summed E-state index contributed by atoms with van der Waals surface area (Å²) >= 11 is 0. The third kappa shape index (κ3) is 3.76. The fourth-order valence-corrected chi connectivity index (χ4v) is 2.10. The summed E-state index contributed by atoms with van der Waals surface area (Å²) in [7, 11) is 1.27. The van der Waals surface area contributed by atoms with Crippen molar-refractivity contribution >= 4 is 12.0 Å². The minimum Gasteiger partial charge on any atom is -0.481 e. The van der Waals surface area contributed by atoms with Gasteiger partial charge in [-0.3, -0.25) is 4.79 Å². The Labute approximate surface area is 109 Å². The van der Waals surface area contributed by atoms with Gasteiger partial charge in [0.1, 0.15) is 5.92 Å². The van der Waals surface area contributed by atoms with Gasteiger partial charge in [0.15, 0.2) is 0 Å². The molecule has 0 spiro atoms. The van der Waals surface area contributed by atoms with Gasteiger partial charge in [0.05, 0.1) is 25.8 Å². The van der Waals surface area contributed by atoms with Crippen LogP contribution in [0.5, 0.6) is 0 Å². The zero-order chi connectivity index (χ0) is 14.6. The highest BCUT2D eigenvalue weighted by Gasteiger charge is 2.40. The van der Waals surface area contributed by atoms with E-state index in [2.05, 4.69) is 0 Å². The molecule has 0 aromatic heterocycles. The van der Waals surface area contributed by atoms with Crippen LogP contribution in [0.2, 0.25) is 0 Å². The van der Waals surface area contributed by atoms with Crippen LogP contribution in [0.4, 0.5) is 13.6 Å². The maximum atomic E-state index is 12.3. The van der Waals surface area contributed by atoms with E-state index in [9.17, 15) is 18.4 Å². The molecule has 110 valence electrons. The van der Waals surface area contributed by atoms with Gasteiger partial charge in [-0.15, -0.1) is 0 Å². The summed E-state index contributed by atoms with van der Waals surface area (Å²) in [6, 6.07) is -1.22. The van der Waals surface area contributed by atoms with Crippen molar-refractivity contribution in [1.29, 1.82) is 0 Å². The first-order chi connectivity index (χ1) is 8.88. The molecular weight excluding hydrogens is 262 g/mol. The first-order valence-electron chi connectivity index (χ1n) is 5.98. The molecule has 8 heteroatoms. The monoisotopic (exact) mass is 280 g/mol. The summed E-state index contributed by atoms with van der Waals surface area (Å²) in [5, 5.41) is 9.04. The van der Waals surface area contributed by atoms with E-state index in [0.717, 1.165) is 4.90 Å². The van der Waals surface area contributed by atoms with Crippen LogP contribution in [-0.4, -0.2) is 72.7 Å². The molecule has 19 heavy (non-hydrogen) atoms. The van der Waals surface area contributed by atoms with Gasteiger partial charge < -0.3 is 19.6 Å². The Morgan fingerprint density at radius 3 is 2.53 bits per heavy atom. The lowest BCUT2D eigenvalue weighted by molar-refractivity contribution is -0.142. The van der Waals surface area contributed by atoms with Crippen LogP contribution in [0.15, 0.2) is 0 Å². The standard InChI is InChI=1S/C11H18F2N2O4/c1-3-15(11(18)14(2)4-9(12)13)8-6-19-5-7(8)10(16)17/h7-9H,3-6H2,1-2H3,(H,16,17). The van der Waals surface area contributed by atoms with E-state index in [-0.39, 0.29) is 19.8 Å². The number of halogens is 2. The van der Waals surface area contributed by atoms with Crippen LogP contribution in [0.25, 0.3) is 0 Å². The van der Waals surface area contributed by atoms with Gasteiger partial charge in [0.25, 0.3) is 6.43 Å². The Hall–Kier alpha value is -1.44. The number of likely N-dealkylation sites (N-methyl/N-ethyl adjacent to an activating group) is 1. The predicted octanol–water partition coefficient (Wildman–Crippen LogP) is 0.725. The second kappa shape index (κ2) is 6.65. The number of rotatable bonds is 5. The summed E-state index contributed by atoms with van der Waals surface area (Å²) in [6.07, 6.45) is -2.62. The lowest BCUT2D eigenvalue weighted by atomic mass is 10.0. The molecule has 0 aromatic carbocycles. The van der Waals surface area contributed by atoms with Crippen molar-refractivity contribution in [1.82, 2.24) is 9.80 Å². The molecule has 1 heterocycles. The topological polar surface area (TPSA) is 70.1 Å². The highest BCUT2D eigenvalue weighted by molar-refractivity contribution is 5.77. The molecule has 0 aliphatic carbocycles. The molecule has 2 amide bonds. The van der Waals surface area contributed by atoms with Gasteiger partial charge in [-0.1, -0.05) is 0 Å². The van der Waals surface area contributed by atoms with Crippen LogP contribution in [0.3, 0.4) is 0 Å². The summed E-state index contributed by atoms with van der Waals surface area (Å²) in [5.74, 6) is -1.87. The average Bonchev–Trinajstić information content (AvgIpc) is 2.78. The maximum absolute atomic E-state index is 12.3. The lowest BCUT2D eigenvalue weighted by Crippen LogP contribution is -2.51. The maximum Gasteiger partial charge on any atom is 0.320 e. The van der Waals surface area contributed by atoms with E-state index in [1.54, 1.807) is 6.92 Å². The van der Waals surface area contributed by atoms with E-state index in [4.69, 9.17) is 9.84 Å². The number of aliphatic carboxylic acids is 1. The molecule has 1 N–H and O–H groups in total. The molecule has 2 unspecified atom stereocenters. The van der Waals surface area contributed by atoms with Crippen molar-refractivity contribution in [3.63, 3.8) is 0 Å².